The third-order valence-corrected chi connectivity index (χ3v) is 8.33. The second-order valence-corrected chi connectivity index (χ2v) is 11.0. The Hall–Kier alpha value is -3.50. The summed E-state index contributed by atoms with van der Waals surface area (Å²) in [5, 5.41) is 9.31. The Kier molecular flexibility index (Phi) is 9.65. The molecule has 0 aromatic heterocycles. The molecular formula is C30H29ClF3NO5S. The van der Waals surface area contributed by atoms with E-state index in [9.17, 15) is 23.1 Å². The van der Waals surface area contributed by atoms with Crippen molar-refractivity contribution in [2.75, 3.05) is 32.0 Å². The zero-order chi connectivity index (χ0) is 29.7. The second kappa shape index (κ2) is 13.0. The second-order valence-electron chi connectivity index (χ2n) is 9.36. The number of aliphatic hydroxyl groups is 1. The van der Waals surface area contributed by atoms with Gasteiger partial charge >= 0.3 is 12.1 Å². The predicted molar refractivity (Wildman–Crippen MR) is 154 cm³/mol. The van der Waals surface area contributed by atoms with Crippen molar-refractivity contribution in [3.8, 4) is 11.5 Å². The monoisotopic (exact) mass is 607 g/mol. The molecule has 11 heteroatoms. The molecule has 0 amide bonds. The normalized spacial score (nSPS) is 15.4. The summed E-state index contributed by atoms with van der Waals surface area (Å²) in [6.45, 7) is 0.735. The van der Waals surface area contributed by atoms with E-state index in [1.807, 2.05) is 53.4 Å². The molecule has 0 saturated heterocycles. The topological polar surface area (TPSA) is 68.2 Å². The molecule has 6 nitrogen and oxygen atoms in total. The fourth-order valence-electron chi connectivity index (χ4n) is 4.61. The molecule has 1 aliphatic rings. The standard InChI is InChI=1S/C30H29ClF3NO5S/c1-38-21-8-4-18(5-9-21)15-35(16-19-6-10-22(39-2)11-7-19)20-12-23(28(25(31)13-20)30(32,33)34)27-14-26(36)24(17-41-27)29(37)40-3/h4-13,27,36H,14-17H2,1-3H3. The lowest BCUT2D eigenvalue weighted by Crippen LogP contribution is -2.24. The molecule has 4 rings (SSSR count). The lowest BCUT2D eigenvalue weighted by Gasteiger charge is -2.30. The maximum absolute atomic E-state index is 14.3. The molecule has 3 aromatic rings. The molecule has 1 atom stereocenters. The number of anilines is 1. The summed E-state index contributed by atoms with van der Waals surface area (Å²) in [6, 6.07) is 17.6. The average Bonchev–Trinajstić information content (AvgIpc) is 2.96. The summed E-state index contributed by atoms with van der Waals surface area (Å²) in [5.41, 5.74) is 1.33. The van der Waals surface area contributed by atoms with Crippen LogP contribution in [0, 0.1) is 0 Å². The third-order valence-electron chi connectivity index (χ3n) is 6.75. The third kappa shape index (κ3) is 7.23. The summed E-state index contributed by atoms with van der Waals surface area (Å²) in [6.07, 6.45) is -4.90. The number of rotatable bonds is 9. The lowest BCUT2D eigenvalue weighted by atomic mass is 9.98. The Morgan fingerprint density at radius 2 is 1.51 bits per heavy atom. The zero-order valence-corrected chi connectivity index (χ0v) is 24.2. The van der Waals surface area contributed by atoms with Crippen LogP contribution in [0.2, 0.25) is 5.02 Å². The highest BCUT2D eigenvalue weighted by Gasteiger charge is 2.40. The molecule has 1 N–H and O–H groups in total. The number of hydrogen-bond acceptors (Lipinski definition) is 7. The Bertz CT molecular complexity index is 1360. The number of alkyl halides is 3. The summed E-state index contributed by atoms with van der Waals surface area (Å²) in [5.74, 6) is 0.377. The largest absolute Gasteiger partial charge is 0.512 e. The Labute approximate surface area is 245 Å². The van der Waals surface area contributed by atoms with Crippen LogP contribution in [0.4, 0.5) is 18.9 Å². The number of carbonyl (C=O) groups excluding carboxylic acids is 1. The molecule has 0 bridgehead atoms. The van der Waals surface area contributed by atoms with Gasteiger partial charge in [-0.1, -0.05) is 35.9 Å². The first-order chi connectivity index (χ1) is 19.5. The van der Waals surface area contributed by atoms with Crippen molar-refractivity contribution in [3.63, 3.8) is 0 Å². The summed E-state index contributed by atoms with van der Waals surface area (Å²) < 4.78 is 58.1. The van der Waals surface area contributed by atoms with Gasteiger partial charge in [0.15, 0.2) is 0 Å². The number of thioether (sulfide) groups is 1. The highest BCUT2D eigenvalue weighted by atomic mass is 35.5. The van der Waals surface area contributed by atoms with Gasteiger partial charge in [-0.05, 0) is 53.1 Å². The molecule has 1 aliphatic heterocycles. The van der Waals surface area contributed by atoms with E-state index in [-0.39, 0.29) is 29.1 Å². The van der Waals surface area contributed by atoms with Crippen molar-refractivity contribution >= 4 is 35.0 Å². The van der Waals surface area contributed by atoms with Gasteiger partial charge in [0.25, 0.3) is 0 Å². The summed E-state index contributed by atoms with van der Waals surface area (Å²) >= 11 is 7.49. The Morgan fingerprint density at radius 3 is 1.95 bits per heavy atom. The molecule has 3 aromatic carbocycles. The van der Waals surface area contributed by atoms with Gasteiger partial charge in [-0.2, -0.15) is 13.2 Å². The fraction of sp³-hybridized carbons (Fsp3) is 0.300. The van der Waals surface area contributed by atoms with Crippen LogP contribution in [0.5, 0.6) is 11.5 Å². The molecule has 218 valence electrons. The summed E-state index contributed by atoms with van der Waals surface area (Å²) in [4.78, 5) is 13.9. The van der Waals surface area contributed by atoms with Crippen LogP contribution in [-0.2, 0) is 28.8 Å². The molecule has 0 aliphatic carbocycles. The first-order valence-electron chi connectivity index (χ1n) is 12.6. The molecule has 0 saturated carbocycles. The Balaban J connectivity index is 1.78. The first kappa shape index (κ1) is 30.5. The number of benzene rings is 3. The van der Waals surface area contributed by atoms with Crippen molar-refractivity contribution in [1.29, 1.82) is 0 Å². The number of halogens is 4. The highest BCUT2D eigenvalue weighted by molar-refractivity contribution is 7.99. The van der Waals surface area contributed by atoms with Crippen LogP contribution in [-0.4, -0.2) is 38.2 Å². The number of hydrogen-bond donors (Lipinski definition) is 1. The van der Waals surface area contributed by atoms with E-state index in [0.29, 0.717) is 30.3 Å². The number of ether oxygens (including phenoxy) is 3. The van der Waals surface area contributed by atoms with Gasteiger partial charge in [0.1, 0.15) is 17.3 Å². The van der Waals surface area contributed by atoms with E-state index >= 15 is 0 Å². The molecule has 0 fully saturated rings. The van der Waals surface area contributed by atoms with E-state index in [4.69, 9.17) is 25.8 Å². The fourth-order valence-corrected chi connectivity index (χ4v) is 6.24. The van der Waals surface area contributed by atoms with E-state index < -0.39 is 28.0 Å². The van der Waals surface area contributed by atoms with Gasteiger partial charge < -0.3 is 24.2 Å². The average molecular weight is 608 g/mol. The van der Waals surface area contributed by atoms with Crippen LogP contribution in [0.15, 0.2) is 72.0 Å². The molecule has 0 radical (unpaired) electrons. The SMILES string of the molecule is COC(=O)C1=C(O)CC(c2cc(N(Cc3ccc(OC)cc3)Cc3ccc(OC)cc3)cc(Cl)c2C(F)(F)F)SC1. The molecular weight excluding hydrogens is 579 g/mol. The van der Waals surface area contributed by atoms with Crippen LogP contribution in [0.1, 0.15) is 33.9 Å². The van der Waals surface area contributed by atoms with Crippen molar-refractivity contribution in [2.45, 2.75) is 30.9 Å². The minimum atomic E-state index is -4.73. The number of carbonyl (C=O) groups is 1. The zero-order valence-electron chi connectivity index (χ0n) is 22.6. The van der Waals surface area contributed by atoms with E-state index in [1.54, 1.807) is 14.2 Å². The van der Waals surface area contributed by atoms with Gasteiger partial charge in [0.2, 0.25) is 0 Å². The maximum atomic E-state index is 14.3. The number of esters is 1. The Morgan fingerprint density at radius 1 is 0.976 bits per heavy atom. The van der Waals surface area contributed by atoms with Crippen LogP contribution in [0.25, 0.3) is 0 Å². The lowest BCUT2D eigenvalue weighted by molar-refractivity contribution is -0.138. The van der Waals surface area contributed by atoms with Gasteiger partial charge in [0.05, 0.1) is 37.5 Å². The minimum Gasteiger partial charge on any atom is -0.512 e. The molecule has 41 heavy (non-hydrogen) atoms. The quantitative estimate of drug-likeness (QED) is 0.250. The van der Waals surface area contributed by atoms with E-state index in [1.165, 1.54) is 19.2 Å². The number of aliphatic hydroxyl groups excluding tert-OH is 1. The van der Waals surface area contributed by atoms with Crippen molar-refractivity contribution in [3.05, 3.63) is 99.3 Å². The number of methoxy groups -OCH3 is 3. The van der Waals surface area contributed by atoms with Crippen molar-refractivity contribution in [1.82, 2.24) is 0 Å². The van der Waals surface area contributed by atoms with Gasteiger partial charge in [-0.3, -0.25) is 0 Å². The van der Waals surface area contributed by atoms with Crippen molar-refractivity contribution < 1.29 is 37.3 Å². The van der Waals surface area contributed by atoms with Gasteiger partial charge in [-0.15, -0.1) is 11.8 Å². The van der Waals surface area contributed by atoms with Gasteiger partial charge in [-0.25, -0.2) is 4.79 Å². The van der Waals surface area contributed by atoms with Crippen LogP contribution in [0.3, 0.4) is 0 Å². The molecule has 1 heterocycles. The number of nitrogens with zero attached hydrogens (tertiary/aromatic N) is 1. The van der Waals surface area contributed by atoms with Crippen LogP contribution < -0.4 is 14.4 Å². The van der Waals surface area contributed by atoms with Crippen LogP contribution >= 0.6 is 23.4 Å². The molecule has 1 unspecified atom stereocenters. The summed E-state index contributed by atoms with van der Waals surface area (Å²) in [7, 11) is 4.33. The van der Waals surface area contributed by atoms with Crippen molar-refractivity contribution in [2.24, 2.45) is 0 Å². The van der Waals surface area contributed by atoms with E-state index in [0.717, 1.165) is 22.9 Å². The smallest absolute Gasteiger partial charge is 0.418 e. The molecule has 0 spiro atoms. The number of allylic oxidation sites excluding steroid dienone is 1. The minimum absolute atomic E-state index is 0.00370. The van der Waals surface area contributed by atoms with E-state index in [2.05, 4.69) is 0 Å². The highest BCUT2D eigenvalue weighted by Crippen LogP contribution is 2.49. The predicted octanol–water partition coefficient (Wildman–Crippen LogP) is 7.75. The first-order valence-corrected chi connectivity index (χ1v) is 14.0. The maximum Gasteiger partial charge on any atom is 0.418 e. The van der Waals surface area contributed by atoms with Gasteiger partial charge in [0, 0.05) is 36.2 Å².